The van der Waals surface area contributed by atoms with E-state index in [0.29, 0.717) is 0 Å². The Bertz CT molecular complexity index is 237. The van der Waals surface area contributed by atoms with E-state index in [1.165, 1.54) is 19.3 Å². The summed E-state index contributed by atoms with van der Waals surface area (Å²) in [5, 5.41) is 12.5. The SMILES string of the molecule is CC12CCC(C1)C(C)(C)/C2=N\O. The first kappa shape index (κ1) is 8.09. The molecule has 0 aliphatic heterocycles. The van der Waals surface area contributed by atoms with E-state index in [2.05, 4.69) is 25.9 Å². The average Bonchev–Trinajstić information content (AvgIpc) is 2.39. The van der Waals surface area contributed by atoms with Crippen LogP contribution in [-0.4, -0.2) is 10.9 Å². The normalized spacial score (nSPS) is 47.2. The number of hydrogen-bond acceptors (Lipinski definition) is 2. The zero-order chi connectivity index (χ0) is 8.98. The molecule has 1 N–H and O–H groups in total. The molecule has 68 valence electrons. The maximum absolute atomic E-state index is 8.98. The molecular formula is C10H17NO. The van der Waals surface area contributed by atoms with Crippen LogP contribution in [0.4, 0.5) is 0 Å². The topological polar surface area (TPSA) is 32.6 Å². The van der Waals surface area contributed by atoms with Gasteiger partial charge in [-0.3, -0.25) is 0 Å². The molecule has 0 aromatic carbocycles. The van der Waals surface area contributed by atoms with Crippen LogP contribution in [-0.2, 0) is 0 Å². The summed E-state index contributed by atoms with van der Waals surface area (Å²) in [5.74, 6) is 0.744. The van der Waals surface area contributed by atoms with Gasteiger partial charge in [-0.1, -0.05) is 25.9 Å². The Morgan fingerprint density at radius 3 is 2.42 bits per heavy atom. The van der Waals surface area contributed by atoms with E-state index in [-0.39, 0.29) is 10.8 Å². The quantitative estimate of drug-likeness (QED) is 0.436. The van der Waals surface area contributed by atoms with Gasteiger partial charge in [-0.05, 0) is 25.2 Å². The van der Waals surface area contributed by atoms with Crippen molar-refractivity contribution in [1.29, 1.82) is 0 Å². The van der Waals surface area contributed by atoms with Gasteiger partial charge in [-0.2, -0.15) is 0 Å². The highest BCUT2D eigenvalue weighted by atomic mass is 16.4. The molecule has 12 heavy (non-hydrogen) atoms. The fourth-order valence-electron chi connectivity index (χ4n) is 3.29. The van der Waals surface area contributed by atoms with Crippen LogP contribution in [0.15, 0.2) is 5.16 Å². The van der Waals surface area contributed by atoms with Gasteiger partial charge >= 0.3 is 0 Å². The zero-order valence-corrected chi connectivity index (χ0v) is 8.09. The van der Waals surface area contributed by atoms with E-state index in [1.807, 2.05) is 0 Å². The minimum absolute atomic E-state index is 0.141. The van der Waals surface area contributed by atoms with Crippen molar-refractivity contribution in [2.24, 2.45) is 21.9 Å². The molecule has 0 aromatic heterocycles. The lowest BCUT2D eigenvalue weighted by Crippen LogP contribution is -2.35. The van der Waals surface area contributed by atoms with E-state index in [1.54, 1.807) is 0 Å². The van der Waals surface area contributed by atoms with Crippen LogP contribution >= 0.6 is 0 Å². The van der Waals surface area contributed by atoms with Crippen LogP contribution in [0.5, 0.6) is 0 Å². The molecule has 2 aliphatic carbocycles. The fourth-order valence-corrected chi connectivity index (χ4v) is 3.29. The molecule has 2 heteroatoms. The third kappa shape index (κ3) is 0.732. The monoisotopic (exact) mass is 167 g/mol. The third-order valence-electron chi connectivity index (χ3n) is 4.04. The summed E-state index contributed by atoms with van der Waals surface area (Å²) in [4.78, 5) is 0. The van der Waals surface area contributed by atoms with Crippen LogP contribution in [0.25, 0.3) is 0 Å². The minimum Gasteiger partial charge on any atom is -0.411 e. The van der Waals surface area contributed by atoms with Gasteiger partial charge in [0, 0.05) is 10.8 Å². The molecule has 2 fully saturated rings. The van der Waals surface area contributed by atoms with Gasteiger partial charge in [0.1, 0.15) is 0 Å². The first-order chi connectivity index (χ1) is 5.50. The van der Waals surface area contributed by atoms with Crippen LogP contribution in [0.2, 0.25) is 0 Å². The largest absolute Gasteiger partial charge is 0.411 e. The highest BCUT2D eigenvalue weighted by molar-refractivity contribution is 5.97. The Kier molecular flexibility index (Phi) is 1.37. The molecule has 2 bridgehead atoms. The molecule has 2 rings (SSSR count). The van der Waals surface area contributed by atoms with Crippen molar-refractivity contribution in [2.45, 2.75) is 40.0 Å². The first-order valence-corrected chi connectivity index (χ1v) is 4.74. The average molecular weight is 167 g/mol. The zero-order valence-electron chi connectivity index (χ0n) is 8.09. The first-order valence-electron chi connectivity index (χ1n) is 4.74. The Hall–Kier alpha value is -0.530. The predicted molar refractivity (Wildman–Crippen MR) is 48.5 cm³/mol. The maximum Gasteiger partial charge on any atom is 0.0688 e. The molecule has 2 nitrogen and oxygen atoms in total. The highest BCUT2D eigenvalue weighted by Gasteiger charge is 2.57. The number of oxime groups is 1. The lowest BCUT2D eigenvalue weighted by Gasteiger charge is -2.33. The smallest absolute Gasteiger partial charge is 0.0688 e. The summed E-state index contributed by atoms with van der Waals surface area (Å²) in [6.45, 7) is 6.64. The summed E-state index contributed by atoms with van der Waals surface area (Å²) >= 11 is 0. The van der Waals surface area contributed by atoms with Crippen molar-refractivity contribution >= 4 is 5.71 Å². The van der Waals surface area contributed by atoms with Gasteiger partial charge < -0.3 is 5.21 Å². The molecule has 2 aliphatic rings. The van der Waals surface area contributed by atoms with Crippen LogP contribution in [0, 0.1) is 16.7 Å². The molecule has 2 saturated carbocycles. The summed E-state index contributed by atoms with van der Waals surface area (Å²) in [6, 6.07) is 0. The summed E-state index contributed by atoms with van der Waals surface area (Å²) in [6.07, 6.45) is 3.74. The number of hydrogen-bond donors (Lipinski definition) is 1. The molecule has 0 saturated heterocycles. The van der Waals surface area contributed by atoms with Gasteiger partial charge in [0.05, 0.1) is 5.71 Å². The molecular weight excluding hydrogens is 150 g/mol. The molecule has 0 spiro atoms. The van der Waals surface area contributed by atoms with Crippen LogP contribution in [0.3, 0.4) is 0 Å². The summed E-state index contributed by atoms with van der Waals surface area (Å²) < 4.78 is 0. The lowest BCUT2D eigenvalue weighted by atomic mass is 9.71. The molecule has 2 unspecified atom stereocenters. The molecule has 0 radical (unpaired) electrons. The Labute approximate surface area is 73.7 Å². The van der Waals surface area contributed by atoms with Crippen molar-refractivity contribution in [2.75, 3.05) is 0 Å². The van der Waals surface area contributed by atoms with E-state index in [0.717, 1.165) is 11.6 Å². The number of nitrogens with zero attached hydrogens (tertiary/aromatic N) is 1. The van der Waals surface area contributed by atoms with Crippen molar-refractivity contribution in [3.8, 4) is 0 Å². The number of rotatable bonds is 0. The molecule has 2 atom stereocenters. The second-order valence-electron chi connectivity index (χ2n) is 5.17. The van der Waals surface area contributed by atoms with Gasteiger partial charge in [-0.15, -0.1) is 0 Å². The Balaban J connectivity index is 2.45. The van der Waals surface area contributed by atoms with Crippen molar-refractivity contribution in [3.05, 3.63) is 0 Å². The van der Waals surface area contributed by atoms with Crippen LogP contribution in [0.1, 0.15) is 40.0 Å². The second-order valence-corrected chi connectivity index (χ2v) is 5.17. The van der Waals surface area contributed by atoms with Gasteiger partial charge in [0.15, 0.2) is 0 Å². The third-order valence-corrected chi connectivity index (χ3v) is 4.04. The van der Waals surface area contributed by atoms with Crippen molar-refractivity contribution < 1.29 is 5.21 Å². The highest BCUT2D eigenvalue weighted by Crippen LogP contribution is 2.60. The minimum atomic E-state index is 0.141. The molecule has 0 heterocycles. The predicted octanol–water partition coefficient (Wildman–Crippen LogP) is 2.66. The van der Waals surface area contributed by atoms with Crippen molar-refractivity contribution in [1.82, 2.24) is 0 Å². The molecule has 0 aromatic rings. The maximum atomic E-state index is 8.98. The fraction of sp³-hybridized carbons (Fsp3) is 0.900. The second kappa shape index (κ2) is 2.04. The summed E-state index contributed by atoms with van der Waals surface area (Å²) in [7, 11) is 0. The van der Waals surface area contributed by atoms with Crippen molar-refractivity contribution in [3.63, 3.8) is 0 Å². The Morgan fingerprint density at radius 1 is 1.42 bits per heavy atom. The van der Waals surface area contributed by atoms with E-state index in [9.17, 15) is 0 Å². The van der Waals surface area contributed by atoms with Gasteiger partial charge in [0.2, 0.25) is 0 Å². The van der Waals surface area contributed by atoms with Crippen LogP contribution < -0.4 is 0 Å². The van der Waals surface area contributed by atoms with E-state index >= 15 is 0 Å². The number of fused-ring (bicyclic) bond motifs is 2. The van der Waals surface area contributed by atoms with E-state index < -0.39 is 0 Å². The standard InChI is InChI=1S/C10H17NO/c1-9(2)7-4-5-10(3,6-7)8(9)11-12/h7,12H,4-6H2,1-3H3/b11-8+. The molecule has 0 amide bonds. The van der Waals surface area contributed by atoms with Gasteiger partial charge in [0.25, 0.3) is 0 Å². The van der Waals surface area contributed by atoms with Gasteiger partial charge in [-0.25, -0.2) is 0 Å². The summed E-state index contributed by atoms with van der Waals surface area (Å²) in [5.41, 5.74) is 1.39. The van der Waals surface area contributed by atoms with E-state index in [4.69, 9.17) is 5.21 Å². The lowest BCUT2D eigenvalue weighted by molar-refractivity contribution is 0.279. The Morgan fingerprint density at radius 2 is 2.08 bits per heavy atom.